The van der Waals surface area contributed by atoms with Gasteiger partial charge in [0, 0.05) is 18.7 Å². The van der Waals surface area contributed by atoms with Crippen LogP contribution in [-0.2, 0) is 11.3 Å². The Bertz CT molecular complexity index is 633. The van der Waals surface area contributed by atoms with Crippen molar-refractivity contribution in [2.24, 2.45) is 11.7 Å². The lowest BCUT2D eigenvalue weighted by molar-refractivity contribution is -0.125. The van der Waals surface area contributed by atoms with E-state index in [1.807, 2.05) is 11.0 Å². The summed E-state index contributed by atoms with van der Waals surface area (Å²) in [7, 11) is 0. The summed E-state index contributed by atoms with van der Waals surface area (Å²) in [6, 6.07) is 7.15. The quantitative estimate of drug-likeness (QED) is 0.898. The summed E-state index contributed by atoms with van der Waals surface area (Å²) in [6.45, 7) is 2.24. The molecule has 2 aliphatic rings. The zero-order valence-corrected chi connectivity index (χ0v) is 13.6. The van der Waals surface area contributed by atoms with E-state index in [1.54, 1.807) is 18.2 Å². The highest BCUT2D eigenvalue weighted by atomic mass is 32.2. The lowest BCUT2D eigenvalue weighted by Crippen LogP contribution is -2.30. The van der Waals surface area contributed by atoms with Crippen molar-refractivity contribution in [1.82, 2.24) is 9.80 Å². The summed E-state index contributed by atoms with van der Waals surface area (Å²) < 4.78 is 0. The van der Waals surface area contributed by atoms with Crippen LogP contribution in [0.1, 0.15) is 22.3 Å². The summed E-state index contributed by atoms with van der Waals surface area (Å²) in [4.78, 5) is 39.0. The van der Waals surface area contributed by atoms with Gasteiger partial charge in [0.15, 0.2) is 0 Å². The molecule has 122 valence electrons. The maximum atomic E-state index is 12.6. The standard InChI is InChI=1S/C16H19N3O3S/c17-7-12-4-5-18(8-12)15(21)13-3-1-2-11(6-13)9-19-14(20)10-23-16(19)22/h1-3,6,12H,4-5,7-10,17H2. The van der Waals surface area contributed by atoms with Crippen LogP contribution in [0.4, 0.5) is 4.79 Å². The van der Waals surface area contributed by atoms with Gasteiger partial charge in [-0.25, -0.2) is 0 Å². The number of hydrogen-bond acceptors (Lipinski definition) is 5. The molecule has 1 aromatic carbocycles. The molecule has 0 saturated carbocycles. The first kappa shape index (κ1) is 16.0. The van der Waals surface area contributed by atoms with E-state index in [4.69, 9.17) is 5.73 Å². The van der Waals surface area contributed by atoms with Crippen molar-refractivity contribution in [2.75, 3.05) is 25.4 Å². The van der Waals surface area contributed by atoms with Crippen molar-refractivity contribution in [2.45, 2.75) is 13.0 Å². The van der Waals surface area contributed by atoms with E-state index in [9.17, 15) is 14.4 Å². The number of hydrogen-bond donors (Lipinski definition) is 1. The number of carbonyl (C=O) groups excluding carboxylic acids is 3. The lowest BCUT2D eigenvalue weighted by Gasteiger charge is -2.17. The fourth-order valence-electron chi connectivity index (χ4n) is 2.91. The minimum atomic E-state index is -0.225. The number of imide groups is 1. The van der Waals surface area contributed by atoms with Gasteiger partial charge in [-0.05, 0) is 36.6 Å². The van der Waals surface area contributed by atoms with Gasteiger partial charge < -0.3 is 10.6 Å². The number of benzene rings is 1. The summed E-state index contributed by atoms with van der Waals surface area (Å²) in [5.74, 6) is 0.378. The zero-order valence-electron chi connectivity index (χ0n) is 12.7. The number of rotatable bonds is 4. The first-order valence-electron chi connectivity index (χ1n) is 7.64. The first-order chi connectivity index (χ1) is 11.1. The smallest absolute Gasteiger partial charge is 0.289 e. The average Bonchev–Trinajstić information content (AvgIpc) is 3.16. The van der Waals surface area contributed by atoms with Crippen LogP contribution in [0.5, 0.6) is 0 Å². The zero-order chi connectivity index (χ0) is 16.4. The van der Waals surface area contributed by atoms with Gasteiger partial charge in [0.1, 0.15) is 0 Å². The predicted molar refractivity (Wildman–Crippen MR) is 87.9 cm³/mol. The molecule has 2 heterocycles. The molecule has 0 spiro atoms. The Balaban J connectivity index is 1.71. The van der Waals surface area contributed by atoms with Crippen LogP contribution in [0.3, 0.4) is 0 Å². The number of nitrogens with zero attached hydrogens (tertiary/aromatic N) is 2. The fraction of sp³-hybridized carbons (Fsp3) is 0.438. The van der Waals surface area contributed by atoms with Crippen molar-refractivity contribution in [3.63, 3.8) is 0 Å². The van der Waals surface area contributed by atoms with Crippen LogP contribution in [0, 0.1) is 5.92 Å². The average molecular weight is 333 g/mol. The first-order valence-corrected chi connectivity index (χ1v) is 8.62. The van der Waals surface area contributed by atoms with E-state index in [0.717, 1.165) is 30.3 Å². The Morgan fingerprint density at radius 3 is 2.83 bits per heavy atom. The molecular weight excluding hydrogens is 314 g/mol. The van der Waals surface area contributed by atoms with Gasteiger partial charge in [0.05, 0.1) is 12.3 Å². The Labute approximate surface area is 139 Å². The highest BCUT2D eigenvalue weighted by Crippen LogP contribution is 2.22. The topological polar surface area (TPSA) is 83.7 Å². The van der Waals surface area contributed by atoms with Gasteiger partial charge in [0.25, 0.3) is 11.1 Å². The Hall–Kier alpha value is -1.86. The third-order valence-corrected chi connectivity index (χ3v) is 5.12. The number of thioether (sulfide) groups is 1. The van der Waals surface area contributed by atoms with E-state index < -0.39 is 0 Å². The molecule has 0 aliphatic carbocycles. The Morgan fingerprint density at radius 1 is 1.35 bits per heavy atom. The minimum absolute atomic E-state index is 0.0174. The van der Waals surface area contributed by atoms with Crippen molar-refractivity contribution in [1.29, 1.82) is 0 Å². The number of amides is 3. The van der Waals surface area contributed by atoms with Gasteiger partial charge in [-0.15, -0.1) is 0 Å². The monoisotopic (exact) mass is 333 g/mol. The van der Waals surface area contributed by atoms with E-state index >= 15 is 0 Å². The number of likely N-dealkylation sites (tertiary alicyclic amines) is 1. The molecule has 2 saturated heterocycles. The van der Waals surface area contributed by atoms with Crippen LogP contribution in [-0.4, -0.2) is 52.2 Å². The molecule has 1 atom stereocenters. The predicted octanol–water partition coefficient (Wildman–Crippen LogP) is 1.30. The van der Waals surface area contributed by atoms with Crippen LogP contribution in [0.25, 0.3) is 0 Å². The molecule has 2 fully saturated rings. The number of carbonyl (C=O) groups is 3. The van der Waals surface area contributed by atoms with Gasteiger partial charge in [-0.1, -0.05) is 23.9 Å². The van der Waals surface area contributed by atoms with E-state index in [2.05, 4.69) is 0 Å². The van der Waals surface area contributed by atoms with Crippen molar-refractivity contribution < 1.29 is 14.4 Å². The van der Waals surface area contributed by atoms with Gasteiger partial charge in [-0.3, -0.25) is 19.3 Å². The molecule has 2 aliphatic heterocycles. The second kappa shape index (κ2) is 6.72. The molecular formula is C16H19N3O3S. The van der Waals surface area contributed by atoms with Crippen LogP contribution in [0.15, 0.2) is 24.3 Å². The van der Waals surface area contributed by atoms with Crippen LogP contribution >= 0.6 is 11.8 Å². The van der Waals surface area contributed by atoms with Crippen LogP contribution in [0.2, 0.25) is 0 Å². The third kappa shape index (κ3) is 3.40. The van der Waals surface area contributed by atoms with Crippen molar-refractivity contribution >= 4 is 28.8 Å². The fourth-order valence-corrected chi connectivity index (χ4v) is 3.64. The third-order valence-electron chi connectivity index (χ3n) is 4.26. The summed E-state index contributed by atoms with van der Waals surface area (Å²) in [5.41, 5.74) is 7.04. The van der Waals surface area contributed by atoms with E-state index in [-0.39, 0.29) is 29.4 Å². The van der Waals surface area contributed by atoms with Crippen LogP contribution < -0.4 is 5.73 Å². The maximum absolute atomic E-state index is 12.6. The molecule has 7 heteroatoms. The number of nitrogens with two attached hydrogens (primary N) is 1. The maximum Gasteiger partial charge on any atom is 0.289 e. The molecule has 23 heavy (non-hydrogen) atoms. The highest BCUT2D eigenvalue weighted by molar-refractivity contribution is 8.14. The van der Waals surface area contributed by atoms with Crippen molar-refractivity contribution in [3.8, 4) is 0 Å². The molecule has 0 aromatic heterocycles. The molecule has 3 rings (SSSR count). The van der Waals surface area contributed by atoms with Gasteiger partial charge in [-0.2, -0.15) is 0 Å². The van der Waals surface area contributed by atoms with Gasteiger partial charge in [0.2, 0.25) is 5.91 Å². The molecule has 3 amide bonds. The van der Waals surface area contributed by atoms with E-state index in [1.165, 1.54) is 4.90 Å². The minimum Gasteiger partial charge on any atom is -0.338 e. The SMILES string of the molecule is NCC1CCN(C(=O)c2cccc(CN3C(=O)CSC3=O)c2)C1. The molecule has 6 nitrogen and oxygen atoms in total. The summed E-state index contributed by atoms with van der Waals surface area (Å²) in [5, 5.41) is -0.225. The second-order valence-corrected chi connectivity index (χ2v) is 6.80. The molecule has 0 radical (unpaired) electrons. The Morgan fingerprint density at radius 2 is 2.17 bits per heavy atom. The molecule has 2 N–H and O–H groups in total. The van der Waals surface area contributed by atoms with E-state index in [0.29, 0.717) is 24.6 Å². The molecule has 1 unspecified atom stereocenters. The normalized spacial score (nSPS) is 21.3. The highest BCUT2D eigenvalue weighted by Gasteiger charge is 2.30. The molecule has 1 aromatic rings. The largest absolute Gasteiger partial charge is 0.338 e. The lowest BCUT2D eigenvalue weighted by atomic mass is 10.1. The second-order valence-electron chi connectivity index (χ2n) is 5.88. The summed E-state index contributed by atoms with van der Waals surface area (Å²) in [6.07, 6.45) is 0.940. The van der Waals surface area contributed by atoms with Crippen molar-refractivity contribution in [3.05, 3.63) is 35.4 Å². The molecule has 0 bridgehead atoms. The summed E-state index contributed by atoms with van der Waals surface area (Å²) >= 11 is 1.02. The Kier molecular flexibility index (Phi) is 4.68. The van der Waals surface area contributed by atoms with Gasteiger partial charge >= 0.3 is 0 Å².